The first-order valence-corrected chi connectivity index (χ1v) is 5.92. The second kappa shape index (κ2) is 4.75. The third-order valence-electron chi connectivity index (χ3n) is 2.94. The highest BCUT2D eigenvalue weighted by atomic mass is 16.5. The molecule has 94 valence electrons. The molecule has 1 aliphatic rings. The summed E-state index contributed by atoms with van der Waals surface area (Å²) in [6.45, 7) is 3.17. The van der Waals surface area contributed by atoms with Crippen molar-refractivity contribution in [2.75, 3.05) is 37.5 Å². The van der Waals surface area contributed by atoms with Gasteiger partial charge >= 0.3 is 0 Å². The SMILES string of the molecule is Nc1ccc2c(NN3CCOCC3)ncnc2c1. The van der Waals surface area contributed by atoms with Crippen LogP contribution in [-0.2, 0) is 4.74 Å². The van der Waals surface area contributed by atoms with E-state index >= 15 is 0 Å². The summed E-state index contributed by atoms with van der Waals surface area (Å²) in [5.41, 5.74) is 10.6. The molecule has 2 aromatic rings. The molecule has 3 rings (SSSR count). The van der Waals surface area contributed by atoms with Crippen molar-refractivity contribution >= 4 is 22.4 Å². The molecule has 1 aliphatic heterocycles. The lowest BCUT2D eigenvalue weighted by molar-refractivity contribution is 0.0495. The minimum atomic E-state index is 0.707. The van der Waals surface area contributed by atoms with E-state index in [2.05, 4.69) is 20.4 Å². The number of rotatable bonds is 2. The monoisotopic (exact) mass is 245 g/mol. The maximum absolute atomic E-state index is 5.75. The predicted molar refractivity (Wildman–Crippen MR) is 70.0 cm³/mol. The summed E-state index contributed by atoms with van der Waals surface area (Å²) in [6, 6.07) is 5.64. The Morgan fingerprint density at radius 2 is 2.06 bits per heavy atom. The summed E-state index contributed by atoms with van der Waals surface area (Å²) in [7, 11) is 0. The molecule has 1 aromatic heterocycles. The van der Waals surface area contributed by atoms with Crippen molar-refractivity contribution in [1.82, 2.24) is 15.0 Å². The lowest BCUT2D eigenvalue weighted by Gasteiger charge is -2.27. The van der Waals surface area contributed by atoms with Crippen molar-refractivity contribution in [2.24, 2.45) is 0 Å². The lowest BCUT2D eigenvalue weighted by Crippen LogP contribution is -2.40. The number of hydrogen-bond donors (Lipinski definition) is 2. The molecule has 1 saturated heterocycles. The van der Waals surface area contributed by atoms with E-state index in [1.807, 2.05) is 18.2 Å². The number of nitrogens with zero attached hydrogens (tertiary/aromatic N) is 3. The molecular formula is C12H15N5O. The number of hydrogen-bond acceptors (Lipinski definition) is 6. The van der Waals surface area contributed by atoms with E-state index in [1.165, 1.54) is 0 Å². The van der Waals surface area contributed by atoms with Gasteiger partial charge in [-0.05, 0) is 18.2 Å². The molecule has 1 fully saturated rings. The molecule has 0 spiro atoms. The summed E-state index contributed by atoms with van der Waals surface area (Å²) >= 11 is 0. The minimum absolute atomic E-state index is 0.707. The number of aromatic nitrogens is 2. The maximum atomic E-state index is 5.75. The smallest absolute Gasteiger partial charge is 0.151 e. The Bertz CT molecular complexity index is 553. The number of anilines is 2. The number of nitrogens with two attached hydrogens (primary N) is 1. The van der Waals surface area contributed by atoms with Crippen molar-refractivity contribution in [3.8, 4) is 0 Å². The minimum Gasteiger partial charge on any atom is -0.399 e. The number of fused-ring (bicyclic) bond motifs is 1. The first kappa shape index (κ1) is 11.2. The molecule has 1 aromatic carbocycles. The molecule has 0 bridgehead atoms. The number of nitrogens with one attached hydrogen (secondary N) is 1. The molecule has 18 heavy (non-hydrogen) atoms. The highest BCUT2D eigenvalue weighted by molar-refractivity contribution is 5.90. The van der Waals surface area contributed by atoms with Gasteiger partial charge in [0, 0.05) is 24.2 Å². The van der Waals surface area contributed by atoms with E-state index in [0.717, 1.165) is 43.0 Å². The summed E-state index contributed by atoms with van der Waals surface area (Å²) in [6.07, 6.45) is 1.55. The van der Waals surface area contributed by atoms with Crippen LogP contribution in [0.5, 0.6) is 0 Å². The number of morpholine rings is 1. The summed E-state index contributed by atoms with van der Waals surface area (Å²) in [5, 5.41) is 3.07. The molecule has 0 amide bonds. The van der Waals surface area contributed by atoms with Crippen molar-refractivity contribution in [2.45, 2.75) is 0 Å². The summed E-state index contributed by atoms with van der Waals surface area (Å²) < 4.78 is 5.31. The van der Waals surface area contributed by atoms with Crippen LogP contribution in [0.15, 0.2) is 24.5 Å². The average Bonchev–Trinajstić information content (AvgIpc) is 2.40. The van der Waals surface area contributed by atoms with Crippen LogP contribution in [0.4, 0.5) is 11.5 Å². The van der Waals surface area contributed by atoms with Crippen molar-refractivity contribution in [3.05, 3.63) is 24.5 Å². The fraction of sp³-hybridized carbons (Fsp3) is 0.333. The van der Waals surface area contributed by atoms with E-state index in [1.54, 1.807) is 6.33 Å². The molecule has 0 saturated carbocycles. The average molecular weight is 245 g/mol. The number of hydrazine groups is 1. The first-order chi connectivity index (χ1) is 8.83. The zero-order chi connectivity index (χ0) is 12.4. The Kier molecular flexibility index (Phi) is 2.95. The van der Waals surface area contributed by atoms with Crippen molar-refractivity contribution in [3.63, 3.8) is 0 Å². The van der Waals surface area contributed by atoms with Crippen LogP contribution in [0, 0.1) is 0 Å². The predicted octanol–water partition coefficient (Wildman–Crippen LogP) is 0.871. The van der Waals surface area contributed by atoms with Gasteiger partial charge < -0.3 is 15.9 Å². The first-order valence-electron chi connectivity index (χ1n) is 5.92. The molecule has 6 heteroatoms. The van der Waals surface area contributed by atoms with Gasteiger partial charge in [-0.25, -0.2) is 15.0 Å². The highest BCUT2D eigenvalue weighted by Gasteiger charge is 2.12. The van der Waals surface area contributed by atoms with Crippen LogP contribution < -0.4 is 11.2 Å². The molecule has 0 atom stereocenters. The van der Waals surface area contributed by atoms with E-state index in [9.17, 15) is 0 Å². The van der Waals surface area contributed by atoms with Gasteiger partial charge in [-0.15, -0.1) is 0 Å². The normalized spacial score (nSPS) is 16.9. The van der Waals surface area contributed by atoms with E-state index < -0.39 is 0 Å². The van der Waals surface area contributed by atoms with Crippen LogP contribution in [-0.4, -0.2) is 41.3 Å². The van der Waals surface area contributed by atoms with Gasteiger partial charge in [-0.2, -0.15) is 0 Å². The molecule has 0 aliphatic carbocycles. The Hall–Kier alpha value is -1.92. The van der Waals surface area contributed by atoms with Gasteiger partial charge in [0.25, 0.3) is 0 Å². The van der Waals surface area contributed by atoms with Crippen LogP contribution in [0.25, 0.3) is 10.9 Å². The fourth-order valence-electron chi connectivity index (χ4n) is 1.99. The van der Waals surface area contributed by atoms with Gasteiger partial charge in [0.15, 0.2) is 5.82 Å². The van der Waals surface area contributed by atoms with Crippen LogP contribution in [0.1, 0.15) is 0 Å². The van der Waals surface area contributed by atoms with E-state index in [-0.39, 0.29) is 0 Å². The van der Waals surface area contributed by atoms with Gasteiger partial charge in [-0.3, -0.25) is 0 Å². The van der Waals surface area contributed by atoms with Crippen LogP contribution >= 0.6 is 0 Å². The molecule has 2 heterocycles. The molecule has 0 unspecified atom stereocenters. The topological polar surface area (TPSA) is 76.3 Å². The second-order valence-corrected chi connectivity index (χ2v) is 4.21. The quantitative estimate of drug-likeness (QED) is 0.765. The Labute approximate surface area is 105 Å². The lowest BCUT2D eigenvalue weighted by atomic mass is 10.2. The molecule has 0 radical (unpaired) electrons. The van der Waals surface area contributed by atoms with Gasteiger partial charge in [0.2, 0.25) is 0 Å². The zero-order valence-corrected chi connectivity index (χ0v) is 9.97. The maximum Gasteiger partial charge on any atom is 0.151 e. The number of ether oxygens (including phenoxy) is 1. The summed E-state index contributed by atoms with van der Waals surface area (Å²) in [4.78, 5) is 8.51. The van der Waals surface area contributed by atoms with Gasteiger partial charge in [0.05, 0.1) is 18.7 Å². The Morgan fingerprint density at radius 1 is 1.22 bits per heavy atom. The largest absolute Gasteiger partial charge is 0.399 e. The van der Waals surface area contributed by atoms with Crippen molar-refractivity contribution < 1.29 is 4.74 Å². The standard InChI is InChI=1S/C12H15N5O/c13-9-1-2-10-11(7-9)14-8-15-12(10)16-17-3-5-18-6-4-17/h1-2,7-8H,3-6,13H2,(H,14,15,16). The highest BCUT2D eigenvalue weighted by Crippen LogP contribution is 2.21. The fourth-order valence-corrected chi connectivity index (χ4v) is 1.99. The Balaban J connectivity index is 1.91. The Morgan fingerprint density at radius 3 is 2.89 bits per heavy atom. The number of nitrogen functional groups attached to an aromatic ring is 1. The van der Waals surface area contributed by atoms with E-state index in [0.29, 0.717) is 5.69 Å². The van der Waals surface area contributed by atoms with E-state index in [4.69, 9.17) is 10.5 Å². The van der Waals surface area contributed by atoms with Gasteiger partial charge in [-0.1, -0.05) is 0 Å². The number of benzene rings is 1. The molecule has 3 N–H and O–H groups in total. The third kappa shape index (κ3) is 2.20. The molecule has 6 nitrogen and oxygen atoms in total. The van der Waals surface area contributed by atoms with Crippen molar-refractivity contribution in [1.29, 1.82) is 0 Å². The van der Waals surface area contributed by atoms with Crippen LogP contribution in [0.3, 0.4) is 0 Å². The third-order valence-corrected chi connectivity index (χ3v) is 2.94. The second-order valence-electron chi connectivity index (χ2n) is 4.21. The molecular weight excluding hydrogens is 230 g/mol. The van der Waals surface area contributed by atoms with Crippen LogP contribution in [0.2, 0.25) is 0 Å². The summed E-state index contributed by atoms with van der Waals surface area (Å²) in [5.74, 6) is 0.807. The zero-order valence-electron chi connectivity index (χ0n) is 9.97. The van der Waals surface area contributed by atoms with Gasteiger partial charge in [0.1, 0.15) is 6.33 Å².